The molecule has 1 aromatic rings. The van der Waals surface area contributed by atoms with Gasteiger partial charge in [0.25, 0.3) is 0 Å². The fraction of sp³-hybridized carbons (Fsp3) is 0.682. The molecule has 0 saturated carbocycles. The number of amides is 1. The summed E-state index contributed by atoms with van der Waals surface area (Å²) in [6, 6.07) is 10.5. The van der Waals surface area contributed by atoms with E-state index in [0.29, 0.717) is 30.3 Å². The van der Waals surface area contributed by atoms with E-state index in [-0.39, 0.29) is 12.4 Å². The monoisotopic (exact) mass is 394 g/mol. The minimum absolute atomic E-state index is 0. The van der Waals surface area contributed by atoms with Crippen LogP contribution in [-0.2, 0) is 16.0 Å². The van der Waals surface area contributed by atoms with Crippen molar-refractivity contribution in [1.82, 2.24) is 10.2 Å². The molecule has 0 bridgehead atoms. The highest BCUT2D eigenvalue weighted by Crippen LogP contribution is 2.24. The van der Waals surface area contributed by atoms with Gasteiger partial charge in [-0.1, -0.05) is 37.3 Å². The third-order valence-corrected chi connectivity index (χ3v) is 6.02. The Hall–Kier alpha value is -1.10. The van der Waals surface area contributed by atoms with Gasteiger partial charge in [-0.3, -0.25) is 4.79 Å². The third kappa shape index (κ3) is 7.10. The number of halogens is 1. The molecule has 3 rings (SSSR count). The molecule has 2 heterocycles. The number of carbonyl (C=O) groups is 1. The molecule has 2 saturated heterocycles. The molecule has 1 amide bonds. The molecule has 2 aliphatic rings. The highest BCUT2D eigenvalue weighted by atomic mass is 35.5. The van der Waals surface area contributed by atoms with E-state index in [1.807, 2.05) is 6.07 Å². The van der Waals surface area contributed by atoms with Gasteiger partial charge in [-0.2, -0.15) is 0 Å². The first-order chi connectivity index (χ1) is 12.7. The van der Waals surface area contributed by atoms with Crippen LogP contribution in [0.3, 0.4) is 0 Å². The molecule has 1 N–H and O–H groups in total. The lowest BCUT2D eigenvalue weighted by atomic mass is 9.85. The molecule has 2 aliphatic heterocycles. The molecule has 0 aliphatic carbocycles. The van der Waals surface area contributed by atoms with Crippen LogP contribution in [0.2, 0.25) is 0 Å². The molecule has 5 heteroatoms. The first-order valence-electron chi connectivity index (χ1n) is 10.4. The Morgan fingerprint density at radius 1 is 1.22 bits per heavy atom. The lowest BCUT2D eigenvalue weighted by Gasteiger charge is -2.34. The van der Waals surface area contributed by atoms with Gasteiger partial charge in [0.1, 0.15) is 0 Å². The van der Waals surface area contributed by atoms with Crippen molar-refractivity contribution >= 4 is 18.3 Å². The number of nitrogens with one attached hydrogen (secondary N) is 1. The maximum atomic E-state index is 12.6. The van der Waals surface area contributed by atoms with Crippen LogP contribution >= 0.6 is 12.4 Å². The van der Waals surface area contributed by atoms with Crippen LogP contribution in [0.4, 0.5) is 0 Å². The summed E-state index contributed by atoms with van der Waals surface area (Å²) >= 11 is 0. The smallest absolute Gasteiger partial charge is 0.222 e. The maximum Gasteiger partial charge on any atom is 0.222 e. The molecule has 1 aromatic carbocycles. The molecule has 152 valence electrons. The van der Waals surface area contributed by atoms with E-state index in [1.54, 1.807) is 0 Å². The molecule has 2 fully saturated rings. The first-order valence-corrected chi connectivity index (χ1v) is 10.4. The number of hydrogen-bond acceptors (Lipinski definition) is 3. The second kappa shape index (κ2) is 11.7. The van der Waals surface area contributed by atoms with E-state index < -0.39 is 0 Å². The summed E-state index contributed by atoms with van der Waals surface area (Å²) in [4.78, 5) is 14.7. The zero-order chi connectivity index (χ0) is 18.2. The largest absolute Gasteiger partial charge is 0.378 e. The highest BCUT2D eigenvalue weighted by Gasteiger charge is 2.27. The van der Waals surface area contributed by atoms with E-state index in [4.69, 9.17) is 4.74 Å². The summed E-state index contributed by atoms with van der Waals surface area (Å²) in [5, 5.41) is 3.46. The van der Waals surface area contributed by atoms with Gasteiger partial charge < -0.3 is 15.0 Å². The zero-order valence-electron chi connectivity index (χ0n) is 16.6. The summed E-state index contributed by atoms with van der Waals surface area (Å²) < 4.78 is 6.04. The van der Waals surface area contributed by atoms with Crippen molar-refractivity contribution in [2.75, 3.05) is 32.8 Å². The Morgan fingerprint density at radius 3 is 2.63 bits per heavy atom. The third-order valence-electron chi connectivity index (χ3n) is 6.02. The van der Waals surface area contributed by atoms with Gasteiger partial charge >= 0.3 is 0 Å². The van der Waals surface area contributed by atoms with Gasteiger partial charge in [-0.25, -0.2) is 0 Å². The number of benzene rings is 1. The van der Waals surface area contributed by atoms with Crippen LogP contribution < -0.4 is 5.32 Å². The fourth-order valence-corrected chi connectivity index (χ4v) is 4.20. The van der Waals surface area contributed by atoms with E-state index >= 15 is 0 Å². The van der Waals surface area contributed by atoms with Crippen molar-refractivity contribution in [3.05, 3.63) is 35.9 Å². The van der Waals surface area contributed by atoms with Gasteiger partial charge in [-0.15, -0.1) is 12.4 Å². The van der Waals surface area contributed by atoms with Gasteiger partial charge in [0, 0.05) is 19.5 Å². The molecule has 0 aromatic heterocycles. The summed E-state index contributed by atoms with van der Waals surface area (Å²) in [7, 11) is 0. The van der Waals surface area contributed by atoms with Gasteiger partial charge in [-0.05, 0) is 62.6 Å². The first kappa shape index (κ1) is 22.2. The lowest BCUT2D eigenvalue weighted by Crippen LogP contribution is -2.42. The van der Waals surface area contributed by atoms with Crippen LogP contribution in [0, 0.1) is 11.8 Å². The Balaban J connectivity index is 0.00000261. The average Bonchev–Trinajstić information content (AvgIpc) is 2.70. The average molecular weight is 395 g/mol. The van der Waals surface area contributed by atoms with Crippen molar-refractivity contribution in [3.63, 3.8) is 0 Å². The van der Waals surface area contributed by atoms with Crippen LogP contribution in [-0.4, -0.2) is 49.7 Å². The number of hydrogen-bond donors (Lipinski definition) is 1. The molecule has 2 unspecified atom stereocenters. The van der Waals surface area contributed by atoms with Crippen LogP contribution in [0.5, 0.6) is 0 Å². The van der Waals surface area contributed by atoms with Gasteiger partial charge in [0.15, 0.2) is 0 Å². The predicted octanol–water partition coefficient (Wildman–Crippen LogP) is 3.68. The van der Waals surface area contributed by atoms with Crippen LogP contribution in [0.15, 0.2) is 30.3 Å². The van der Waals surface area contributed by atoms with Crippen molar-refractivity contribution in [2.24, 2.45) is 11.8 Å². The molecule has 4 nitrogen and oxygen atoms in total. The number of likely N-dealkylation sites (tertiary alicyclic amines) is 1. The van der Waals surface area contributed by atoms with Crippen LogP contribution in [0.1, 0.15) is 44.6 Å². The molecular formula is C22H35ClN2O2. The Morgan fingerprint density at radius 2 is 1.96 bits per heavy atom. The number of rotatable bonds is 7. The summed E-state index contributed by atoms with van der Waals surface area (Å²) in [5.41, 5.74) is 1.33. The van der Waals surface area contributed by atoms with Gasteiger partial charge in [0.05, 0.1) is 12.7 Å². The van der Waals surface area contributed by atoms with Crippen molar-refractivity contribution in [2.45, 2.75) is 51.6 Å². The molecule has 2 atom stereocenters. The lowest BCUT2D eigenvalue weighted by molar-refractivity contribution is -0.135. The van der Waals surface area contributed by atoms with Gasteiger partial charge in [0.2, 0.25) is 5.91 Å². The summed E-state index contributed by atoms with van der Waals surface area (Å²) in [5.74, 6) is 1.48. The predicted molar refractivity (Wildman–Crippen MR) is 112 cm³/mol. The second-order valence-corrected chi connectivity index (χ2v) is 7.97. The normalized spacial score (nSPS) is 22.1. The Bertz CT molecular complexity index is 541. The Labute approximate surface area is 170 Å². The quantitative estimate of drug-likeness (QED) is 0.766. The zero-order valence-corrected chi connectivity index (χ0v) is 17.4. The maximum absolute atomic E-state index is 12.6. The number of nitrogens with zero attached hydrogens (tertiary/aromatic N) is 1. The number of piperidine rings is 2. The fourth-order valence-electron chi connectivity index (χ4n) is 4.20. The molecule has 0 spiro atoms. The summed E-state index contributed by atoms with van der Waals surface area (Å²) in [6.07, 6.45) is 6.43. The van der Waals surface area contributed by atoms with E-state index in [2.05, 4.69) is 41.4 Å². The summed E-state index contributed by atoms with van der Waals surface area (Å²) in [6.45, 7) is 6.93. The van der Waals surface area contributed by atoms with Crippen molar-refractivity contribution in [1.29, 1.82) is 0 Å². The SMILES string of the molecule is CC(CC(=O)N1CCC(OCCc2ccccc2)CC1)C1CCCNC1.Cl. The van der Waals surface area contributed by atoms with E-state index in [1.165, 1.54) is 18.4 Å². The standard InChI is InChI=1S/C22H34N2O2.ClH/c1-18(20-8-5-12-23-17-20)16-22(25)24-13-9-21(10-14-24)26-15-11-19-6-3-2-4-7-19;/h2-4,6-7,18,20-21,23H,5,8-17H2,1H3;1H. The van der Waals surface area contributed by atoms with Crippen molar-refractivity contribution in [3.8, 4) is 0 Å². The van der Waals surface area contributed by atoms with E-state index in [0.717, 1.165) is 52.0 Å². The van der Waals surface area contributed by atoms with E-state index in [9.17, 15) is 4.79 Å². The second-order valence-electron chi connectivity index (χ2n) is 7.97. The van der Waals surface area contributed by atoms with Crippen LogP contribution in [0.25, 0.3) is 0 Å². The molecule has 27 heavy (non-hydrogen) atoms. The van der Waals surface area contributed by atoms with Crippen molar-refractivity contribution < 1.29 is 9.53 Å². The molecular weight excluding hydrogens is 360 g/mol. The minimum atomic E-state index is 0. The minimum Gasteiger partial charge on any atom is -0.378 e. The molecule has 0 radical (unpaired) electrons. The number of carbonyl (C=O) groups excluding carboxylic acids is 1. The highest BCUT2D eigenvalue weighted by molar-refractivity contribution is 5.85. The Kier molecular flexibility index (Phi) is 9.60. The number of ether oxygens (including phenoxy) is 1. The topological polar surface area (TPSA) is 41.6 Å².